The van der Waals surface area contributed by atoms with E-state index in [1.807, 2.05) is 48.5 Å². The Morgan fingerprint density at radius 1 is 0.696 bits per heavy atom. The molecule has 0 aliphatic heterocycles. The van der Waals surface area contributed by atoms with Gasteiger partial charge >= 0.3 is 7.82 Å². The molecule has 0 unspecified atom stereocenters. The molecule has 0 radical (unpaired) electrons. The molecule has 0 aromatic heterocycles. The van der Waals surface area contributed by atoms with Crippen LogP contribution in [0.2, 0.25) is 0 Å². The second-order valence-corrected chi connectivity index (χ2v) is 6.66. The largest absolute Gasteiger partial charge is 0.529 e. The number of rotatable bonds is 5. The van der Waals surface area contributed by atoms with Crippen molar-refractivity contribution in [2.45, 2.75) is 0 Å². The third kappa shape index (κ3) is 2.68. The zero-order valence-corrected chi connectivity index (χ0v) is 14.0. The third-order valence-electron chi connectivity index (χ3n) is 3.69. The summed E-state index contributed by atoms with van der Waals surface area (Å²) in [6, 6.07) is 15.2. The first-order valence-corrected chi connectivity index (χ1v) is 8.48. The van der Waals surface area contributed by atoms with Crippen molar-refractivity contribution < 1.29 is 22.9 Å². The van der Waals surface area contributed by atoms with Crippen LogP contribution in [0.25, 0.3) is 21.5 Å². The lowest BCUT2D eigenvalue weighted by Gasteiger charge is -2.19. The van der Waals surface area contributed by atoms with Crippen molar-refractivity contribution in [2.24, 2.45) is 0 Å². The highest BCUT2D eigenvalue weighted by atomic mass is 31.2. The van der Waals surface area contributed by atoms with Crippen LogP contribution in [0.4, 0.5) is 0 Å². The predicted octanol–water partition coefficient (Wildman–Crippen LogP) is 4.78. The minimum atomic E-state index is -3.68. The molecule has 0 heterocycles. The number of benzene rings is 3. The zero-order valence-electron chi connectivity index (χ0n) is 13.1. The number of ether oxygens (including phenoxy) is 1. The average Bonchev–Trinajstić information content (AvgIpc) is 2.61. The maximum absolute atomic E-state index is 12.5. The van der Waals surface area contributed by atoms with E-state index in [-0.39, 0.29) is 0 Å². The summed E-state index contributed by atoms with van der Waals surface area (Å²) in [6.45, 7) is 0. The maximum Gasteiger partial charge on any atom is 0.529 e. The quantitative estimate of drug-likeness (QED) is 0.497. The molecule has 0 amide bonds. The van der Waals surface area contributed by atoms with Crippen LogP contribution in [-0.2, 0) is 13.6 Å². The molecule has 0 fully saturated rings. The number of methoxy groups -OCH3 is 1. The van der Waals surface area contributed by atoms with E-state index >= 15 is 0 Å². The molecule has 0 saturated heterocycles. The molecule has 120 valence electrons. The van der Waals surface area contributed by atoms with Crippen LogP contribution in [0.1, 0.15) is 0 Å². The lowest BCUT2D eigenvalue weighted by Crippen LogP contribution is -1.99. The van der Waals surface area contributed by atoms with Gasteiger partial charge in [0.15, 0.2) is 0 Å². The molecule has 0 aliphatic carbocycles. The van der Waals surface area contributed by atoms with Gasteiger partial charge in [0, 0.05) is 35.8 Å². The summed E-state index contributed by atoms with van der Waals surface area (Å²) in [5, 5.41) is 3.28. The molecule has 6 heteroatoms. The summed E-state index contributed by atoms with van der Waals surface area (Å²) in [7, 11) is 0.533. The van der Waals surface area contributed by atoms with Crippen LogP contribution < -0.4 is 9.26 Å². The van der Waals surface area contributed by atoms with Crippen LogP contribution in [0, 0.1) is 0 Å². The fraction of sp³-hybridized carbons (Fsp3) is 0.176. The lowest BCUT2D eigenvalue weighted by molar-refractivity contribution is 0.212. The Kier molecular flexibility index (Phi) is 4.26. The number of phosphoric acid groups is 1. The molecule has 0 aliphatic rings. The van der Waals surface area contributed by atoms with Crippen molar-refractivity contribution >= 4 is 29.4 Å². The first-order chi connectivity index (χ1) is 11.1. The Morgan fingerprint density at radius 2 is 1.09 bits per heavy atom. The fourth-order valence-electron chi connectivity index (χ4n) is 2.63. The monoisotopic (exact) mass is 332 g/mol. The van der Waals surface area contributed by atoms with Gasteiger partial charge in [0.2, 0.25) is 0 Å². The molecule has 0 bridgehead atoms. The van der Waals surface area contributed by atoms with Gasteiger partial charge in [-0.25, -0.2) is 4.57 Å². The Morgan fingerprint density at radius 3 is 1.43 bits per heavy atom. The van der Waals surface area contributed by atoms with Gasteiger partial charge in [-0.1, -0.05) is 48.5 Å². The van der Waals surface area contributed by atoms with Crippen molar-refractivity contribution in [1.29, 1.82) is 0 Å². The van der Waals surface area contributed by atoms with Crippen molar-refractivity contribution in [2.75, 3.05) is 21.3 Å². The highest BCUT2D eigenvalue weighted by molar-refractivity contribution is 7.48. The number of hydrogen-bond acceptors (Lipinski definition) is 5. The van der Waals surface area contributed by atoms with Gasteiger partial charge in [-0.15, -0.1) is 0 Å². The molecule has 5 nitrogen and oxygen atoms in total. The molecule has 3 rings (SSSR count). The first kappa shape index (κ1) is 15.8. The van der Waals surface area contributed by atoms with Gasteiger partial charge in [-0.05, 0) is 0 Å². The standard InChI is InChI=1S/C17H17O5P/c1-19-16-12-8-4-6-10-14(12)17(22-23(18,20-2)21-3)15-11-7-5-9-13(15)16/h4-11H,1-3H3. The van der Waals surface area contributed by atoms with Gasteiger partial charge in [0.05, 0.1) is 7.11 Å². The first-order valence-electron chi connectivity index (χ1n) is 7.02. The number of phosphoric ester groups is 1. The van der Waals surface area contributed by atoms with Gasteiger partial charge in [0.25, 0.3) is 0 Å². The minimum Gasteiger partial charge on any atom is -0.495 e. The van der Waals surface area contributed by atoms with Crippen LogP contribution in [0.15, 0.2) is 48.5 Å². The minimum absolute atomic E-state index is 0.448. The molecule has 0 N–H and O–H groups in total. The van der Waals surface area contributed by atoms with Gasteiger partial charge in [-0.2, -0.15) is 0 Å². The van der Waals surface area contributed by atoms with E-state index in [1.165, 1.54) is 14.2 Å². The Bertz CT molecular complexity index is 841. The molecule has 0 saturated carbocycles. The Labute approximate surface area is 134 Å². The van der Waals surface area contributed by atoms with Crippen molar-refractivity contribution in [3.05, 3.63) is 48.5 Å². The second kappa shape index (κ2) is 6.20. The zero-order chi connectivity index (χ0) is 16.4. The molecule has 0 spiro atoms. The Hall–Kier alpha value is -2.07. The summed E-state index contributed by atoms with van der Waals surface area (Å²) in [5.41, 5.74) is 0. The van der Waals surface area contributed by atoms with Crippen LogP contribution in [0.3, 0.4) is 0 Å². The van der Waals surface area contributed by atoms with E-state index in [1.54, 1.807) is 7.11 Å². The molecule has 3 aromatic rings. The van der Waals surface area contributed by atoms with E-state index in [0.29, 0.717) is 5.75 Å². The molecule has 0 atom stereocenters. The summed E-state index contributed by atoms with van der Waals surface area (Å²) >= 11 is 0. The fourth-order valence-corrected chi connectivity index (χ4v) is 3.35. The van der Waals surface area contributed by atoms with Crippen LogP contribution in [-0.4, -0.2) is 21.3 Å². The van der Waals surface area contributed by atoms with Crippen molar-refractivity contribution in [1.82, 2.24) is 0 Å². The van der Waals surface area contributed by atoms with Crippen molar-refractivity contribution in [3.8, 4) is 11.5 Å². The summed E-state index contributed by atoms with van der Waals surface area (Å²) in [6.07, 6.45) is 0. The molecule has 23 heavy (non-hydrogen) atoms. The number of fused-ring (bicyclic) bond motifs is 2. The molecular weight excluding hydrogens is 315 g/mol. The predicted molar refractivity (Wildman–Crippen MR) is 90.3 cm³/mol. The smallest absolute Gasteiger partial charge is 0.495 e. The second-order valence-electron chi connectivity index (χ2n) is 4.86. The van der Waals surface area contributed by atoms with Crippen LogP contribution in [0.5, 0.6) is 11.5 Å². The summed E-state index contributed by atoms with van der Waals surface area (Å²) < 4.78 is 33.6. The van der Waals surface area contributed by atoms with Gasteiger partial charge in [0.1, 0.15) is 11.5 Å². The van der Waals surface area contributed by atoms with E-state index in [4.69, 9.17) is 18.3 Å². The van der Waals surface area contributed by atoms with E-state index < -0.39 is 7.82 Å². The molecular formula is C17H17O5P. The lowest BCUT2D eigenvalue weighted by atomic mass is 10.0. The van der Waals surface area contributed by atoms with E-state index in [0.717, 1.165) is 27.3 Å². The van der Waals surface area contributed by atoms with Crippen LogP contribution >= 0.6 is 7.82 Å². The van der Waals surface area contributed by atoms with E-state index in [9.17, 15) is 4.57 Å². The SMILES string of the molecule is COc1c2ccccc2c(OP(=O)(OC)OC)c2ccccc12. The van der Waals surface area contributed by atoms with Gasteiger partial charge in [-0.3, -0.25) is 9.05 Å². The van der Waals surface area contributed by atoms with E-state index in [2.05, 4.69) is 0 Å². The van der Waals surface area contributed by atoms with Crippen molar-refractivity contribution in [3.63, 3.8) is 0 Å². The average molecular weight is 332 g/mol. The van der Waals surface area contributed by atoms with Gasteiger partial charge < -0.3 is 9.26 Å². The molecule has 3 aromatic carbocycles. The normalized spacial score (nSPS) is 11.8. The number of hydrogen-bond donors (Lipinski definition) is 0. The summed E-state index contributed by atoms with van der Waals surface area (Å²) in [5.74, 6) is 1.19. The highest BCUT2D eigenvalue weighted by Crippen LogP contribution is 2.52. The topological polar surface area (TPSA) is 54.0 Å². The maximum atomic E-state index is 12.5. The summed E-state index contributed by atoms with van der Waals surface area (Å²) in [4.78, 5) is 0. The Balaban J connectivity index is 2.41. The highest BCUT2D eigenvalue weighted by Gasteiger charge is 2.27. The third-order valence-corrected chi connectivity index (χ3v) is 4.99.